The summed E-state index contributed by atoms with van der Waals surface area (Å²) < 4.78 is 13.5. The van der Waals surface area contributed by atoms with E-state index >= 15 is 0 Å². The second kappa shape index (κ2) is 4.70. The maximum Gasteiger partial charge on any atom is 0.223 e. The lowest BCUT2D eigenvalue weighted by atomic mass is 10.1. The van der Waals surface area contributed by atoms with Crippen molar-refractivity contribution in [1.29, 1.82) is 0 Å². The number of nitrogens with one attached hydrogen (secondary N) is 1. The molecule has 0 saturated carbocycles. The van der Waals surface area contributed by atoms with E-state index in [2.05, 4.69) is 15.3 Å². The summed E-state index contributed by atoms with van der Waals surface area (Å²) in [7, 11) is 0. The molecule has 1 aromatic carbocycles. The Morgan fingerprint density at radius 1 is 1.12 bits per heavy atom. The first-order chi connectivity index (χ1) is 7.77. The zero-order valence-corrected chi connectivity index (χ0v) is 8.89. The molecule has 1 heterocycles. The van der Waals surface area contributed by atoms with Crippen LogP contribution in [0.5, 0.6) is 0 Å². The third-order valence-electron chi connectivity index (χ3n) is 2.28. The van der Waals surface area contributed by atoms with Gasteiger partial charge < -0.3 is 5.32 Å². The van der Waals surface area contributed by atoms with Gasteiger partial charge in [0.2, 0.25) is 5.95 Å². The minimum Gasteiger partial charge on any atom is -0.348 e. The molecule has 0 saturated heterocycles. The zero-order chi connectivity index (χ0) is 11.4. The van der Waals surface area contributed by atoms with Gasteiger partial charge in [-0.1, -0.05) is 18.2 Å². The summed E-state index contributed by atoms with van der Waals surface area (Å²) in [5.41, 5.74) is 0.606. The van der Waals surface area contributed by atoms with Gasteiger partial charge in [0.25, 0.3) is 0 Å². The molecule has 0 amide bonds. The van der Waals surface area contributed by atoms with Crippen molar-refractivity contribution in [3.8, 4) is 0 Å². The molecule has 0 aliphatic carbocycles. The van der Waals surface area contributed by atoms with E-state index in [9.17, 15) is 4.39 Å². The smallest absolute Gasteiger partial charge is 0.223 e. The fourth-order valence-corrected chi connectivity index (χ4v) is 1.47. The Hall–Kier alpha value is -1.97. The number of hydrogen-bond acceptors (Lipinski definition) is 3. The maximum absolute atomic E-state index is 13.5. The number of benzene rings is 1. The molecule has 0 radical (unpaired) electrons. The summed E-state index contributed by atoms with van der Waals surface area (Å²) in [4.78, 5) is 8.06. The van der Waals surface area contributed by atoms with Crippen LogP contribution in [0.3, 0.4) is 0 Å². The van der Waals surface area contributed by atoms with E-state index in [1.807, 2.05) is 13.0 Å². The number of rotatable bonds is 3. The van der Waals surface area contributed by atoms with Crippen molar-refractivity contribution < 1.29 is 4.39 Å². The third kappa shape index (κ3) is 2.34. The van der Waals surface area contributed by atoms with Crippen LogP contribution >= 0.6 is 0 Å². The molecule has 16 heavy (non-hydrogen) atoms. The van der Waals surface area contributed by atoms with Crippen molar-refractivity contribution in [2.24, 2.45) is 0 Å². The first-order valence-corrected chi connectivity index (χ1v) is 5.05. The molecular formula is C12H12FN3. The molecule has 1 atom stereocenters. The fourth-order valence-electron chi connectivity index (χ4n) is 1.47. The zero-order valence-electron chi connectivity index (χ0n) is 8.89. The number of aromatic nitrogens is 2. The molecule has 0 fully saturated rings. The van der Waals surface area contributed by atoms with Gasteiger partial charge in [-0.15, -0.1) is 0 Å². The topological polar surface area (TPSA) is 37.8 Å². The largest absolute Gasteiger partial charge is 0.348 e. The van der Waals surface area contributed by atoms with Crippen LogP contribution in [0.15, 0.2) is 42.7 Å². The van der Waals surface area contributed by atoms with Crippen LogP contribution in [0.4, 0.5) is 10.3 Å². The van der Waals surface area contributed by atoms with Crippen LogP contribution < -0.4 is 5.32 Å². The predicted octanol–water partition coefficient (Wildman–Crippen LogP) is 2.79. The van der Waals surface area contributed by atoms with E-state index in [0.717, 1.165) is 0 Å². The fraction of sp³-hybridized carbons (Fsp3) is 0.167. The van der Waals surface area contributed by atoms with Gasteiger partial charge in [0, 0.05) is 18.0 Å². The van der Waals surface area contributed by atoms with Crippen LogP contribution in [0.2, 0.25) is 0 Å². The van der Waals surface area contributed by atoms with Crippen molar-refractivity contribution in [2.45, 2.75) is 13.0 Å². The van der Waals surface area contributed by atoms with Gasteiger partial charge in [-0.25, -0.2) is 14.4 Å². The predicted molar refractivity (Wildman–Crippen MR) is 60.5 cm³/mol. The van der Waals surface area contributed by atoms with Crippen LogP contribution in [0.1, 0.15) is 18.5 Å². The molecular weight excluding hydrogens is 205 g/mol. The van der Waals surface area contributed by atoms with Gasteiger partial charge in [0.1, 0.15) is 5.82 Å². The molecule has 2 rings (SSSR count). The average molecular weight is 217 g/mol. The summed E-state index contributed by atoms with van der Waals surface area (Å²) in [6, 6.07) is 8.24. The van der Waals surface area contributed by atoms with Crippen molar-refractivity contribution in [1.82, 2.24) is 9.97 Å². The summed E-state index contributed by atoms with van der Waals surface area (Å²) in [6.45, 7) is 1.87. The highest BCUT2D eigenvalue weighted by atomic mass is 19.1. The molecule has 0 aliphatic rings. The monoisotopic (exact) mass is 217 g/mol. The van der Waals surface area contributed by atoms with E-state index in [1.165, 1.54) is 6.07 Å². The van der Waals surface area contributed by atoms with Crippen molar-refractivity contribution in [3.05, 3.63) is 54.1 Å². The summed E-state index contributed by atoms with van der Waals surface area (Å²) >= 11 is 0. The minimum absolute atomic E-state index is 0.163. The number of anilines is 1. The lowest BCUT2D eigenvalue weighted by molar-refractivity contribution is 0.599. The molecule has 2 aromatic rings. The van der Waals surface area contributed by atoms with E-state index in [-0.39, 0.29) is 11.9 Å². The number of halogens is 1. The Morgan fingerprint density at radius 3 is 2.50 bits per heavy atom. The van der Waals surface area contributed by atoms with E-state index < -0.39 is 0 Å². The first kappa shape index (κ1) is 10.5. The van der Waals surface area contributed by atoms with E-state index in [1.54, 1.807) is 30.6 Å². The lowest BCUT2D eigenvalue weighted by Crippen LogP contribution is -2.10. The van der Waals surface area contributed by atoms with Crippen molar-refractivity contribution >= 4 is 5.95 Å². The second-order valence-electron chi connectivity index (χ2n) is 3.46. The van der Waals surface area contributed by atoms with Gasteiger partial charge in [-0.05, 0) is 19.1 Å². The molecule has 82 valence electrons. The summed E-state index contributed by atoms with van der Waals surface area (Å²) in [5, 5.41) is 3.04. The molecule has 0 bridgehead atoms. The Labute approximate surface area is 93.4 Å². The summed E-state index contributed by atoms with van der Waals surface area (Å²) in [5.74, 6) is 0.275. The van der Waals surface area contributed by atoms with Crippen LogP contribution in [0, 0.1) is 5.82 Å². The molecule has 0 spiro atoms. The highest BCUT2D eigenvalue weighted by Crippen LogP contribution is 2.18. The van der Waals surface area contributed by atoms with Gasteiger partial charge in [0.15, 0.2) is 0 Å². The van der Waals surface area contributed by atoms with Gasteiger partial charge in [0.05, 0.1) is 6.04 Å². The van der Waals surface area contributed by atoms with E-state index in [0.29, 0.717) is 11.5 Å². The Morgan fingerprint density at radius 2 is 1.81 bits per heavy atom. The van der Waals surface area contributed by atoms with Crippen molar-refractivity contribution in [3.63, 3.8) is 0 Å². The highest BCUT2D eigenvalue weighted by molar-refractivity contribution is 5.31. The molecule has 1 N–H and O–H groups in total. The minimum atomic E-state index is -0.224. The molecule has 0 aliphatic heterocycles. The van der Waals surface area contributed by atoms with Gasteiger partial charge in [-0.2, -0.15) is 0 Å². The maximum atomic E-state index is 13.5. The SMILES string of the molecule is CC(Nc1ncccn1)c1ccccc1F. The lowest BCUT2D eigenvalue weighted by Gasteiger charge is -2.14. The average Bonchev–Trinajstić information content (AvgIpc) is 2.31. The van der Waals surface area contributed by atoms with Crippen LogP contribution in [-0.4, -0.2) is 9.97 Å². The highest BCUT2D eigenvalue weighted by Gasteiger charge is 2.10. The van der Waals surface area contributed by atoms with Crippen LogP contribution in [0.25, 0.3) is 0 Å². The standard InChI is InChI=1S/C12H12FN3/c1-9(10-5-2-3-6-11(10)13)16-12-14-7-4-8-15-12/h2-9H,1H3,(H,14,15,16). The second-order valence-corrected chi connectivity index (χ2v) is 3.46. The van der Waals surface area contributed by atoms with Crippen LogP contribution in [-0.2, 0) is 0 Å². The Kier molecular flexibility index (Phi) is 3.10. The Bertz CT molecular complexity index is 459. The third-order valence-corrected chi connectivity index (χ3v) is 2.28. The number of nitrogens with zero attached hydrogens (tertiary/aromatic N) is 2. The van der Waals surface area contributed by atoms with Gasteiger partial charge >= 0.3 is 0 Å². The first-order valence-electron chi connectivity index (χ1n) is 5.05. The Balaban J connectivity index is 2.15. The van der Waals surface area contributed by atoms with Crippen molar-refractivity contribution in [2.75, 3.05) is 5.32 Å². The molecule has 1 unspecified atom stereocenters. The normalized spacial score (nSPS) is 12.1. The van der Waals surface area contributed by atoms with Gasteiger partial charge in [-0.3, -0.25) is 0 Å². The summed E-state index contributed by atoms with van der Waals surface area (Å²) in [6.07, 6.45) is 3.28. The molecule has 3 nitrogen and oxygen atoms in total. The quantitative estimate of drug-likeness (QED) is 0.859. The number of hydrogen-bond donors (Lipinski definition) is 1. The molecule has 1 aromatic heterocycles. The van der Waals surface area contributed by atoms with E-state index in [4.69, 9.17) is 0 Å². The molecule has 4 heteroatoms.